The molecule has 4 rings (SSSR count). The summed E-state index contributed by atoms with van der Waals surface area (Å²) in [5, 5.41) is 0. The molecule has 0 spiro atoms. The Bertz CT molecular complexity index is 1380. The molecule has 0 bridgehead atoms. The molecule has 1 radical (unpaired) electrons. The summed E-state index contributed by atoms with van der Waals surface area (Å²) in [6.45, 7) is 5.04. The van der Waals surface area contributed by atoms with Crippen LogP contribution in [-0.4, -0.2) is 17.3 Å². The van der Waals surface area contributed by atoms with Gasteiger partial charge in [-0.05, 0) is 48.7 Å². The maximum Gasteiger partial charge on any atom is 0.135 e. The second-order valence-electron chi connectivity index (χ2n) is 13.4. The van der Waals surface area contributed by atoms with E-state index in [0.29, 0.717) is 6.61 Å². The standard InChI is InChI=1S/C45H60N2O.Co/c1-3-4-5-6-7-8-9-10-11-12-13-14-15-16-17-18-19-28-35-48-45-42(39-29-22-20-23-30-39)36-41(37-43(45)40-31-24-21-25-32-40)47-38(2)44-33-26-27-34-46-44;/h20-27,29-34,36-37H,3-19,28,35H2,1-2H3;. The number of benzene rings is 3. The minimum atomic E-state index is 0. The Morgan fingerprint density at radius 2 is 0.980 bits per heavy atom. The number of ether oxygens (including phenoxy) is 1. The number of hydrogen-bond acceptors (Lipinski definition) is 3. The van der Waals surface area contributed by atoms with Crippen molar-refractivity contribution < 1.29 is 21.5 Å². The average Bonchev–Trinajstić information content (AvgIpc) is 3.13. The third-order valence-corrected chi connectivity index (χ3v) is 9.32. The second kappa shape index (κ2) is 24.8. The monoisotopic (exact) mass is 703 g/mol. The van der Waals surface area contributed by atoms with Crippen LogP contribution >= 0.6 is 0 Å². The van der Waals surface area contributed by atoms with Crippen LogP contribution in [0.4, 0.5) is 5.69 Å². The zero-order valence-corrected chi connectivity index (χ0v) is 31.3. The number of aromatic nitrogens is 1. The van der Waals surface area contributed by atoms with Gasteiger partial charge in [0.1, 0.15) is 5.75 Å². The molecule has 3 nitrogen and oxygen atoms in total. The average molecular weight is 704 g/mol. The fourth-order valence-electron chi connectivity index (χ4n) is 6.50. The van der Waals surface area contributed by atoms with Crippen molar-refractivity contribution in [2.75, 3.05) is 6.61 Å². The van der Waals surface area contributed by atoms with Crippen LogP contribution in [0.5, 0.6) is 5.75 Å². The van der Waals surface area contributed by atoms with Gasteiger partial charge in [0.2, 0.25) is 0 Å². The van der Waals surface area contributed by atoms with Gasteiger partial charge in [-0.25, -0.2) is 0 Å². The Morgan fingerprint density at radius 1 is 0.551 bits per heavy atom. The van der Waals surface area contributed by atoms with Gasteiger partial charge in [-0.3, -0.25) is 9.98 Å². The van der Waals surface area contributed by atoms with E-state index in [1.807, 2.05) is 31.3 Å². The van der Waals surface area contributed by atoms with Gasteiger partial charge in [0.15, 0.2) is 0 Å². The Balaban J connectivity index is 0.00000650. The van der Waals surface area contributed by atoms with E-state index in [9.17, 15) is 0 Å². The maximum atomic E-state index is 6.69. The minimum absolute atomic E-state index is 0. The molecule has 0 aliphatic heterocycles. The predicted molar refractivity (Wildman–Crippen MR) is 208 cm³/mol. The minimum Gasteiger partial charge on any atom is -0.492 e. The smallest absolute Gasteiger partial charge is 0.135 e. The van der Waals surface area contributed by atoms with Crippen LogP contribution in [0.2, 0.25) is 0 Å². The number of rotatable bonds is 24. The van der Waals surface area contributed by atoms with Crippen molar-refractivity contribution in [3.8, 4) is 28.0 Å². The molecule has 4 aromatic rings. The summed E-state index contributed by atoms with van der Waals surface area (Å²) in [5.41, 5.74) is 7.09. The quantitative estimate of drug-likeness (QED) is 0.0538. The van der Waals surface area contributed by atoms with E-state index < -0.39 is 0 Å². The zero-order chi connectivity index (χ0) is 33.5. The largest absolute Gasteiger partial charge is 0.492 e. The maximum absolute atomic E-state index is 6.69. The Morgan fingerprint density at radius 3 is 1.41 bits per heavy atom. The molecule has 4 heteroatoms. The number of hydrogen-bond donors (Lipinski definition) is 0. The Labute approximate surface area is 308 Å². The molecule has 0 amide bonds. The Hall–Kier alpha value is -3.21. The van der Waals surface area contributed by atoms with Gasteiger partial charge in [0.05, 0.1) is 23.7 Å². The summed E-state index contributed by atoms with van der Waals surface area (Å²) >= 11 is 0. The summed E-state index contributed by atoms with van der Waals surface area (Å²) in [6.07, 6.45) is 26.6. The molecule has 0 aliphatic carbocycles. The number of pyridine rings is 1. The molecule has 0 unspecified atom stereocenters. The molecule has 3 aromatic carbocycles. The summed E-state index contributed by atoms with van der Waals surface area (Å²) in [7, 11) is 0. The van der Waals surface area contributed by atoms with Gasteiger partial charge in [-0.15, -0.1) is 0 Å². The zero-order valence-electron chi connectivity index (χ0n) is 30.3. The van der Waals surface area contributed by atoms with E-state index in [4.69, 9.17) is 9.73 Å². The van der Waals surface area contributed by atoms with E-state index >= 15 is 0 Å². The number of unbranched alkanes of at least 4 members (excludes halogenated alkanes) is 17. The van der Waals surface area contributed by atoms with E-state index in [-0.39, 0.29) is 16.8 Å². The third-order valence-electron chi connectivity index (χ3n) is 9.32. The van der Waals surface area contributed by atoms with Crippen LogP contribution in [-0.2, 0) is 16.8 Å². The van der Waals surface area contributed by atoms with Gasteiger partial charge in [0.25, 0.3) is 0 Å². The molecule has 0 atom stereocenters. The molecule has 265 valence electrons. The number of aliphatic imine (C=N–C) groups is 1. The molecular weight excluding hydrogens is 643 g/mol. The molecule has 0 N–H and O–H groups in total. The van der Waals surface area contributed by atoms with Crippen molar-refractivity contribution >= 4 is 11.4 Å². The van der Waals surface area contributed by atoms with Gasteiger partial charge in [-0.1, -0.05) is 183 Å². The van der Waals surface area contributed by atoms with Crippen LogP contribution in [0.25, 0.3) is 22.3 Å². The number of nitrogens with zero attached hydrogens (tertiary/aromatic N) is 2. The van der Waals surface area contributed by atoms with E-state index in [0.717, 1.165) is 51.5 Å². The van der Waals surface area contributed by atoms with Gasteiger partial charge in [-0.2, -0.15) is 0 Å². The van der Waals surface area contributed by atoms with E-state index in [1.54, 1.807) is 0 Å². The SMILES string of the molecule is CCCCCCCCCCCCCCCCCCCCOc1c(-c2ccccc2)cc(N=C(C)c2ccccn2)cc1-c1ccccc1.[Co]. The first-order chi connectivity index (χ1) is 23.8. The van der Waals surface area contributed by atoms with Crippen LogP contribution in [0, 0.1) is 0 Å². The molecule has 1 heterocycles. The first-order valence-electron chi connectivity index (χ1n) is 19.1. The normalized spacial score (nSPS) is 11.3. The van der Waals surface area contributed by atoms with Crippen molar-refractivity contribution in [2.45, 2.75) is 129 Å². The van der Waals surface area contributed by atoms with Crippen LogP contribution in [0.3, 0.4) is 0 Å². The van der Waals surface area contributed by atoms with Crippen LogP contribution in [0.1, 0.15) is 135 Å². The third kappa shape index (κ3) is 15.1. The summed E-state index contributed by atoms with van der Waals surface area (Å²) in [5.74, 6) is 0.939. The van der Waals surface area contributed by atoms with Gasteiger partial charge >= 0.3 is 0 Å². The molecular formula is C45H60CoN2O. The van der Waals surface area contributed by atoms with Crippen molar-refractivity contribution in [2.24, 2.45) is 4.99 Å². The van der Waals surface area contributed by atoms with Crippen molar-refractivity contribution in [3.63, 3.8) is 0 Å². The van der Waals surface area contributed by atoms with E-state index in [2.05, 4.69) is 84.7 Å². The second-order valence-corrected chi connectivity index (χ2v) is 13.4. The van der Waals surface area contributed by atoms with Gasteiger partial charge < -0.3 is 4.74 Å². The van der Waals surface area contributed by atoms with Gasteiger partial charge in [0, 0.05) is 34.1 Å². The predicted octanol–water partition coefficient (Wildman–Crippen LogP) is 14.0. The summed E-state index contributed by atoms with van der Waals surface area (Å²) < 4.78 is 6.69. The molecule has 49 heavy (non-hydrogen) atoms. The fraction of sp³-hybridized carbons (Fsp3) is 0.467. The van der Waals surface area contributed by atoms with Crippen LogP contribution < -0.4 is 4.74 Å². The Kier molecular flexibility index (Phi) is 20.4. The van der Waals surface area contributed by atoms with Crippen molar-refractivity contribution in [3.05, 3.63) is 103 Å². The first-order valence-corrected chi connectivity index (χ1v) is 19.1. The van der Waals surface area contributed by atoms with E-state index in [1.165, 1.54) is 109 Å². The van der Waals surface area contributed by atoms with Crippen LogP contribution in [0.15, 0.2) is 102 Å². The molecule has 0 aliphatic rings. The van der Waals surface area contributed by atoms with Crippen molar-refractivity contribution in [1.29, 1.82) is 0 Å². The molecule has 0 fully saturated rings. The first kappa shape index (κ1) is 40.2. The molecule has 1 aromatic heterocycles. The topological polar surface area (TPSA) is 34.5 Å². The molecule has 0 saturated carbocycles. The summed E-state index contributed by atoms with van der Waals surface area (Å²) in [6, 6.07) is 31.4. The molecule has 0 saturated heterocycles. The summed E-state index contributed by atoms with van der Waals surface area (Å²) in [4.78, 5) is 9.54. The fourth-order valence-corrected chi connectivity index (χ4v) is 6.50. The van der Waals surface area contributed by atoms with Crippen molar-refractivity contribution in [1.82, 2.24) is 4.98 Å².